The Morgan fingerprint density at radius 3 is 2.56 bits per heavy atom. The highest BCUT2D eigenvalue weighted by molar-refractivity contribution is 5.44. The molecular formula is C14H15NO. The lowest BCUT2D eigenvalue weighted by molar-refractivity contribution is 0.410. The molecule has 82 valence electrons. The quantitative estimate of drug-likeness (QED) is 0.707. The Morgan fingerprint density at radius 2 is 2.00 bits per heavy atom. The molecule has 0 saturated heterocycles. The average Bonchev–Trinajstić information content (AvgIpc) is 2.79. The zero-order valence-electron chi connectivity index (χ0n) is 9.66. The molecule has 0 spiro atoms. The fourth-order valence-electron chi connectivity index (χ4n) is 2.16. The summed E-state index contributed by atoms with van der Waals surface area (Å²) in [7, 11) is 1.66. The number of benzene rings is 1. The lowest BCUT2D eigenvalue weighted by Gasteiger charge is -2.21. The molecule has 1 aromatic carbocycles. The van der Waals surface area contributed by atoms with Crippen molar-refractivity contribution in [2.75, 3.05) is 7.11 Å². The van der Waals surface area contributed by atoms with E-state index in [9.17, 15) is 5.26 Å². The molecule has 1 aliphatic rings. The number of hydrogen-bond acceptors (Lipinski definition) is 2. The maximum absolute atomic E-state index is 9.37. The van der Waals surface area contributed by atoms with Crippen LogP contribution in [0.2, 0.25) is 0 Å². The number of nitriles is 1. The van der Waals surface area contributed by atoms with Gasteiger partial charge in [-0.2, -0.15) is 5.26 Å². The maximum atomic E-state index is 9.37. The minimum atomic E-state index is -0.374. The standard InChI is InChI=1S/C14H15NO/c1-11-5-6-12(9-13(11)16-2)14(10-15)7-3-4-8-14/h3-6,9H,7-8H2,1-2H3. The summed E-state index contributed by atoms with van der Waals surface area (Å²) < 4.78 is 5.30. The van der Waals surface area contributed by atoms with Gasteiger partial charge in [-0.15, -0.1) is 0 Å². The van der Waals surface area contributed by atoms with E-state index in [1.54, 1.807) is 7.11 Å². The van der Waals surface area contributed by atoms with Gasteiger partial charge in [0.1, 0.15) is 5.75 Å². The van der Waals surface area contributed by atoms with E-state index in [4.69, 9.17) is 4.74 Å². The van der Waals surface area contributed by atoms with Crippen LogP contribution >= 0.6 is 0 Å². The van der Waals surface area contributed by atoms with E-state index in [1.807, 2.05) is 25.1 Å². The number of methoxy groups -OCH3 is 1. The van der Waals surface area contributed by atoms with Crippen LogP contribution in [0, 0.1) is 18.3 Å². The highest BCUT2D eigenvalue weighted by atomic mass is 16.5. The van der Waals surface area contributed by atoms with Crippen molar-refractivity contribution in [1.82, 2.24) is 0 Å². The predicted octanol–water partition coefficient (Wildman–Crippen LogP) is 3.12. The minimum absolute atomic E-state index is 0.374. The van der Waals surface area contributed by atoms with Crippen molar-refractivity contribution in [3.05, 3.63) is 41.5 Å². The van der Waals surface area contributed by atoms with E-state index < -0.39 is 0 Å². The topological polar surface area (TPSA) is 33.0 Å². The summed E-state index contributed by atoms with van der Waals surface area (Å²) in [6, 6.07) is 8.49. The number of ether oxygens (including phenoxy) is 1. The average molecular weight is 213 g/mol. The van der Waals surface area contributed by atoms with Gasteiger partial charge in [0.2, 0.25) is 0 Å². The number of allylic oxidation sites excluding steroid dienone is 2. The molecule has 0 atom stereocenters. The molecule has 0 heterocycles. The molecule has 0 aromatic heterocycles. The molecule has 16 heavy (non-hydrogen) atoms. The summed E-state index contributed by atoms with van der Waals surface area (Å²) in [4.78, 5) is 0. The summed E-state index contributed by atoms with van der Waals surface area (Å²) in [5.74, 6) is 0.860. The molecule has 0 N–H and O–H groups in total. The SMILES string of the molecule is COc1cc(C2(C#N)CC=CC2)ccc1C. The minimum Gasteiger partial charge on any atom is -0.496 e. The van der Waals surface area contributed by atoms with E-state index in [2.05, 4.69) is 18.2 Å². The van der Waals surface area contributed by atoms with E-state index in [-0.39, 0.29) is 5.41 Å². The van der Waals surface area contributed by atoms with Crippen LogP contribution in [0.4, 0.5) is 0 Å². The molecule has 0 bridgehead atoms. The van der Waals surface area contributed by atoms with Crippen molar-refractivity contribution in [2.24, 2.45) is 0 Å². The molecule has 1 aliphatic carbocycles. The van der Waals surface area contributed by atoms with Crippen LogP contribution in [0.5, 0.6) is 5.75 Å². The van der Waals surface area contributed by atoms with Crippen LogP contribution in [-0.2, 0) is 5.41 Å². The third-order valence-electron chi connectivity index (χ3n) is 3.27. The monoisotopic (exact) mass is 213 g/mol. The fourth-order valence-corrected chi connectivity index (χ4v) is 2.16. The van der Waals surface area contributed by atoms with Crippen LogP contribution in [0.3, 0.4) is 0 Å². The zero-order chi connectivity index (χ0) is 11.6. The van der Waals surface area contributed by atoms with Gasteiger partial charge in [-0.3, -0.25) is 0 Å². The fraction of sp³-hybridized carbons (Fsp3) is 0.357. The summed E-state index contributed by atoms with van der Waals surface area (Å²) in [6.07, 6.45) is 5.76. The first-order valence-corrected chi connectivity index (χ1v) is 5.43. The van der Waals surface area contributed by atoms with Crippen LogP contribution in [0.1, 0.15) is 24.0 Å². The molecule has 2 nitrogen and oxygen atoms in total. The van der Waals surface area contributed by atoms with Gasteiger partial charge in [0.05, 0.1) is 18.6 Å². The number of aryl methyl sites for hydroxylation is 1. The van der Waals surface area contributed by atoms with Gasteiger partial charge < -0.3 is 4.74 Å². The van der Waals surface area contributed by atoms with Crippen molar-refractivity contribution in [3.63, 3.8) is 0 Å². The molecule has 0 saturated carbocycles. The van der Waals surface area contributed by atoms with E-state index in [0.717, 1.165) is 29.7 Å². The van der Waals surface area contributed by atoms with Gasteiger partial charge in [0.25, 0.3) is 0 Å². The first-order chi connectivity index (χ1) is 7.72. The molecule has 1 aromatic rings. The molecule has 0 aliphatic heterocycles. The van der Waals surface area contributed by atoms with Crippen LogP contribution < -0.4 is 4.74 Å². The predicted molar refractivity (Wildman–Crippen MR) is 63.4 cm³/mol. The molecule has 0 radical (unpaired) electrons. The molecule has 0 unspecified atom stereocenters. The van der Waals surface area contributed by atoms with Gasteiger partial charge in [-0.1, -0.05) is 24.3 Å². The normalized spacial score (nSPS) is 17.1. The second-order valence-electron chi connectivity index (χ2n) is 4.26. The molecule has 2 rings (SSSR count). The Hall–Kier alpha value is -1.75. The highest BCUT2D eigenvalue weighted by Gasteiger charge is 2.33. The molecule has 0 fully saturated rings. The van der Waals surface area contributed by atoms with Gasteiger partial charge in [0.15, 0.2) is 0 Å². The van der Waals surface area contributed by atoms with E-state index in [0.29, 0.717) is 0 Å². The van der Waals surface area contributed by atoms with Crippen molar-refractivity contribution >= 4 is 0 Å². The van der Waals surface area contributed by atoms with Crippen LogP contribution in [0.25, 0.3) is 0 Å². The van der Waals surface area contributed by atoms with Crippen molar-refractivity contribution in [2.45, 2.75) is 25.2 Å². The van der Waals surface area contributed by atoms with Gasteiger partial charge in [-0.05, 0) is 37.0 Å². The second kappa shape index (κ2) is 4.02. The Labute approximate surface area is 96.2 Å². The third-order valence-corrected chi connectivity index (χ3v) is 3.27. The summed E-state index contributed by atoms with van der Waals surface area (Å²) in [5.41, 5.74) is 1.79. The Bertz CT molecular complexity index is 460. The molecule has 2 heteroatoms. The van der Waals surface area contributed by atoms with Crippen molar-refractivity contribution < 1.29 is 4.74 Å². The molecular weight excluding hydrogens is 198 g/mol. The maximum Gasteiger partial charge on any atom is 0.122 e. The number of rotatable bonds is 2. The first kappa shape index (κ1) is 10.8. The van der Waals surface area contributed by atoms with Gasteiger partial charge >= 0.3 is 0 Å². The lowest BCUT2D eigenvalue weighted by atomic mass is 9.79. The largest absolute Gasteiger partial charge is 0.496 e. The number of nitrogens with zero attached hydrogens (tertiary/aromatic N) is 1. The summed E-state index contributed by atoms with van der Waals surface area (Å²) in [6.45, 7) is 2.01. The van der Waals surface area contributed by atoms with Gasteiger partial charge in [0, 0.05) is 0 Å². The second-order valence-corrected chi connectivity index (χ2v) is 4.26. The van der Waals surface area contributed by atoms with E-state index in [1.165, 1.54) is 0 Å². The summed E-state index contributed by atoms with van der Waals surface area (Å²) in [5, 5.41) is 9.37. The summed E-state index contributed by atoms with van der Waals surface area (Å²) >= 11 is 0. The smallest absolute Gasteiger partial charge is 0.122 e. The Morgan fingerprint density at radius 1 is 1.31 bits per heavy atom. The van der Waals surface area contributed by atoms with Crippen molar-refractivity contribution in [3.8, 4) is 11.8 Å². The third kappa shape index (κ3) is 1.59. The van der Waals surface area contributed by atoms with Crippen LogP contribution in [-0.4, -0.2) is 7.11 Å². The zero-order valence-corrected chi connectivity index (χ0v) is 9.66. The molecule has 0 amide bonds. The lowest BCUT2D eigenvalue weighted by Crippen LogP contribution is -2.19. The Balaban J connectivity index is 2.44. The Kier molecular flexibility index (Phi) is 2.70. The first-order valence-electron chi connectivity index (χ1n) is 5.43. The highest BCUT2D eigenvalue weighted by Crippen LogP contribution is 2.38. The van der Waals surface area contributed by atoms with E-state index >= 15 is 0 Å². The number of hydrogen-bond donors (Lipinski definition) is 0. The van der Waals surface area contributed by atoms with Gasteiger partial charge in [-0.25, -0.2) is 0 Å². The van der Waals surface area contributed by atoms with Crippen LogP contribution in [0.15, 0.2) is 30.4 Å². The van der Waals surface area contributed by atoms with Crippen molar-refractivity contribution in [1.29, 1.82) is 5.26 Å².